The first-order valence-electron chi connectivity index (χ1n) is 14.8. The monoisotopic (exact) mass is 644 g/mol. The first kappa shape index (κ1) is 30.3. The van der Waals surface area contributed by atoms with Crippen molar-refractivity contribution in [3.63, 3.8) is 0 Å². The average Bonchev–Trinajstić information content (AvgIpc) is 3.70. The molecule has 0 spiro atoms. The molecule has 240 valence electrons. The van der Waals surface area contributed by atoms with Gasteiger partial charge in [-0.25, -0.2) is 19.3 Å². The topological polar surface area (TPSA) is 105 Å². The van der Waals surface area contributed by atoms with Crippen molar-refractivity contribution in [2.45, 2.75) is 25.3 Å². The van der Waals surface area contributed by atoms with E-state index in [0.717, 1.165) is 21.7 Å². The maximum atomic E-state index is 14.1. The molecule has 1 N–H and O–H groups in total. The number of nitrogens with zero attached hydrogens (tertiary/aromatic N) is 7. The van der Waals surface area contributed by atoms with Crippen molar-refractivity contribution >= 4 is 27.8 Å². The quantitative estimate of drug-likeness (QED) is 0.225. The zero-order chi connectivity index (χ0) is 32.7. The van der Waals surface area contributed by atoms with Crippen LogP contribution >= 0.6 is 0 Å². The Balaban J connectivity index is 1.24. The summed E-state index contributed by atoms with van der Waals surface area (Å²) in [4.78, 5) is 37.8. The summed E-state index contributed by atoms with van der Waals surface area (Å²) >= 11 is 0. The molecular weight excluding hydrogens is 616 g/mol. The van der Waals surface area contributed by atoms with Crippen molar-refractivity contribution in [3.05, 3.63) is 102 Å². The predicted molar refractivity (Wildman–Crippen MR) is 165 cm³/mol. The van der Waals surface area contributed by atoms with Gasteiger partial charge in [-0.3, -0.25) is 14.7 Å². The largest absolute Gasteiger partial charge is 0.480 e. The van der Waals surface area contributed by atoms with Gasteiger partial charge in [-0.1, -0.05) is 30.3 Å². The minimum atomic E-state index is -4.76. The number of para-hydroxylation sites is 3. The van der Waals surface area contributed by atoms with Crippen molar-refractivity contribution < 1.29 is 27.1 Å². The third kappa shape index (κ3) is 5.99. The molecule has 0 radical (unpaired) electrons. The molecule has 0 saturated carbocycles. The second kappa shape index (κ2) is 12.1. The highest BCUT2D eigenvalue weighted by molar-refractivity contribution is 5.85. The second-order valence-corrected chi connectivity index (χ2v) is 11.3. The lowest BCUT2D eigenvalue weighted by Crippen LogP contribution is -2.51. The van der Waals surface area contributed by atoms with Crippen LogP contribution in [0.2, 0.25) is 0 Å². The van der Waals surface area contributed by atoms with Gasteiger partial charge in [0.05, 0.1) is 47.3 Å². The normalized spacial score (nSPS) is 15.9. The number of hydrogen-bond donors (Lipinski definition) is 1. The van der Waals surface area contributed by atoms with Gasteiger partial charge >= 0.3 is 6.18 Å². The van der Waals surface area contributed by atoms with E-state index >= 15 is 0 Å². The van der Waals surface area contributed by atoms with Crippen molar-refractivity contribution in [2.24, 2.45) is 0 Å². The number of hydrogen-bond acceptors (Lipinski definition) is 7. The van der Waals surface area contributed by atoms with Crippen molar-refractivity contribution in [3.8, 4) is 17.1 Å². The highest BCUT2D eigenvalue weighted by Crippen LogP contribution is 2.34. The predicted octanol–water partition coefficient (Wildman–Crippen LogP) is 5.62. The number of aromatic amines is 1. The first-order chi connectivity index (χ1) is 22.7. The van der Waals surface area contributed by atoms with Crippen LogP contribution in [-0.4, -0.2) is 71.9 Å². The van der Waals surface area contributed by atoms with Crippen LogP contribution in [0.4, 0.5) is 17.6 Å². The Morgan fingerprint density at radius 3 is 2.57 bits per heavy atom. The van der Waals surface area contributed by atoms with E-state index in [0.29, 0.717) is 41.6 Å². The summed E-state index contributed by atoms with van der Waals surface area (Å²) < 4.78 is 62.6. The lowest BCUT2D eigenvalue weighted by atomic mass is 10.1. The van der Waals surface area contributed by atoms with Crippen LogP contribution in [-0.2, 0) is 24.1 Å². The molecule has 5 heterocycles. The van der Waals surface area contributed by atoms with Crippen LogP contribution in [0.15, 0.2) is 79.3 Å². The minimum Gasteiger partial charge on any atom is -0.480 e. The fourth-order valence-corrected chi connectivity index (χ4v) is 6.08. The molecule has 0 unspecified atom stereocenters. The Labute approximate surface area is 265 Å². The number of pyridine rings is 2. The van der Waals surface area contributed by atoms with E-state index in [2.05, 4.69) is 24.9 Å². The van der Waals surface area contributed by atoms with E-state index in [1.54, 1.807) is 24.5 Å². The summed E-state index contributed by atoms with van der Waals surface area (Å²) in [6, 6.07) is 16.4. The van der Waals surface area contributed by atoms with Gasteiger partial charge in [-0.05, 0) is 35.9 Å². The van der Waals surface area contributed by atoms with Crippen LogP contribution in [0, 0.1) is 5.82 Å². The number of carbonyl (C=O) groups excluding carboxylic acids is 1. The zero-order valence-corrected chi connectivity index (χ0v) is 25.1. The lowest BCUT2D eigenvalue weighted by molar-refractivity contribution is -0.148. The number of halogens is 4. The number of fused-ring (bicyclic) bond motifs is 2. The van der Waals surface area contributed by atoms with E-state index in [-0.39, 0.29) is 24.1 Å². The fourth-order valence-electron chi connectivity index (χ4n) is 6.08. The molecule has 10 nitrogen and oxygen atoms in total. The number of amides is 1. The number of aromatic nitrogens is 6. The average molecular weight is 645 g/mol. The molecule has 2 aromatic carbocycles. The fraction of sp³-hybridized carbons (Fsp3) is 0.242. The van der Waals surface area contributed by atoms with E-state index in [1.165, 1.54) is 30.2 Å². The Hall–Kier alpha value is -5.37. The third-order valence-electron chi connectivity index (χ3n) is 8.24. The molecule has 14 heteroatoms. The highest BCUT2D eigenvalue weighted by Gasteiger charge is 2.40. The number of nitrogens with one attached hydrogen (secondary N) is 1. The number of H-pyrrole nitrogens is 1. The zero-order valence-electron chi connectivity index (χ0n) is 25.1. The first-order valence-corrected chi connectivity index (χ1v) is 14.8. The van der Waals surface area contributed by atoms with Gasteiger partial charge in [-0.2, -0.15) is 13.2 Å². The van der Waals surface area contributed by atoms with Crippen molar-refractivity contribution in [2.75, 3.05) is 26.7 Å². The summed E-state index contributed by atoms with van der Waals surface area (Å²) in [6.45, 7) is 0.640. The summed E-state index contributed by atoms with van der Waals surface area (Å²) in [5.41, 5.74) is 3.00. The summed E-state index contributed by atoms with van der Waals surface area (Å²) in [5.74, 6) is -1.33. The van der Waals surface area contributed by atoms with E-state index < -0.39 is 36.3 Å². The Morgan fingerprint density at radius 1 is 1.00 bits per heavy atom. The lowest BCUT2D eigenvalue weighted by Gasteiger charge is -2.40. The van der Waals surface area contributed by atoms with E-state index in [9.17, 15) is 22.4 Å². The van der Waals surface area contributed by atoms with Crippen LogP contribution in [0.25, 0.3) is 33.2 Å². The Morgan fingerprint density at radius 2 is 1.79 bits per heavy atom. The number of imidazole rings is 2. The van der Waals surface area contributed by atoms with Gasteiger partial charge < -0.3 is 19.2 Å². The maximum absolute atomic E-state index is 14.1. The number of piperazine rings is 1. The molecule has 6 aromatic rings. The van der Waals surface area contributed by atoms with Crippen LogP contribution < -0.4 is 4.74 Å². The number of methoxy groups -OCH3 is 1. The van der Waals surface area contributed by atoms with Crippen molar-refractivity contribution in [1.82, 2.24) is 39.3 Å². The van der Waals surface area contributed by atoms with E-state index in [4.69, 9.17) is 4.74 Å². The second-order valence-electron chi connectivity index (χ2n) is 11.3. The molecule has 1 saturated heterocycles. The standard InChI is InChI=1S/C33H28F4N8O2/c1-47-31-23(13-21-6-2-3-7-24(21)41-31)26-16-39-30(40-26)28-18-43(17-20-12-22(34)15-38-14-20)10-11-44(28)29(46)19-45-27-9-5-4-8-25(27)42-32(45)33(35,36)37/h2-9,12-16,28H,10-11,17-19H2,1H3,(H,39,40)/t28-/m0/s1. The number of ether oxygens (including phenoxy) is 1. The minimum absolute atomic E-state index is 0.145. The SMILES string of the molecule is COc1nc2ccccc2cc1-c1cnc([C@@H]2CN(Cc3cncc(F)c3)CCN2C(=O)Cn2c(C(F)(F)F)nc3ccccc32)[nH]1. The number of alkyl halides is 3. The van der Waals surface area contributed by atoms with E-state index in [1.807, 2.05) is 35.2 Å². The maximum Gasteiger partial charge on any atom is 0.449 e. The summed E-state index contributed by atoms with van der Waals surface area (Å²) in [6.07, 6.45) is -0.452. The van der Waals surface area contributed by atoms with Crippen LogP contribution in [0.3, 0.4) is 0 Å². The van der Waals surface area contributed by atoms with Crippen molar-refractivity contribution in [1.29, 1.82) is 0 Å². The number of carbonyl (C=O) groups is 1. The molecule has 7 rings (SSSR count). The molecule has 0 aliphatic carbocycles. The molecular formula is C33H28F4N8O2. The van der Waals surface area contributed by atoms with Crippen LogP contribution in [0.5, 0.6) is 5.88 Å². The molecule has 1 amide bonds. The molecule has 47 heavy (non-hydrogen) atoms. The summed E-state index contributed by atoms with van der Waals surface area (Å²) in [5, 5.41) is 0.886. The van der Waals surface area contributed by atoms with Gasteiger partial charge in [0, 0.05) is 37.8 Å². The van der Waals surface area contributed by atoms with Gasteiger partial charge in [0.15, 0.2) is 0 Å². The number of rotatable bonds is 7. The molecule has 1 atom stereocenters. The van der Waals surface area contributed by atoms with Gasteiger partial charge in [0.2, 0.25) is 17.6 Å². The van der Waals surface area contributed by atoms with Gasteiger partial charge in [-0.15, -0.1) is 0 Å². The summed E-state index contributed by atoms with van der Waals surface area (Å²) in [7, 11) is 1.52. The number of benzene rings is 2. The molecule has 1 aliphatic heterocycles. The third-order valence-corrected chi connectivity index (χ3v) is 8.24. The molecule has 0 bridgehead atoms. The Bertz CT molecular complexity index is 2090. The molecule has 4 aromatic heterocycles. The smallest absolute Gasteiger partial charge is 0.449 e. The van der Waals surface area contributed by atoms with Crippen LogP contribution in [0.1, 0.15) is 23.3 Å². The van der Waals surface area contributed by atoms with Gasteiger partial charge in [0.1, 0.15) is 24.2 Å². The Kier molecular flexibility index (Phi) is 7.80. The molecule has 1 fully saturated rings. The molecule has 1 aliphatic rings. The highest BCUT2D eigenvalue weighted by atomic mass is 19.4. The van der Waals surface area contributed by atoms with Gasteiger partial charge in [0.25, 0.3) is 0 Å².